The smallest absolute Gasteiger partial charge is 0.125 e. The molecule has 2 unspecified atom stereocenters. The van der Waals surface area contributed by atoms with Crippen LogP contribution < -0.4 is 9.47 Å². The second kappa shape index (κ2) is 11.7. The fourth-order valence-electron chi connectivity index (χ4n) is 4.02. The van der Waals surface area contributed by atoms with Crippen LogP contribution in [-0.2, 0) is 16.2 Å². The largest absolute Gasteiger partial charge is 0.490 e. The number of aryl methyl sites for hydroxylation is 2. The number of nitrogens with zero attached hydrogens (tertiary/aromatic N) is 1. The van der Waals surface area contributed by atoms with Gasteiger partial charge in [-0.25, -0.2) is 0 Å². The van der Waals surface area contributed by atoms with E-state index in [2.05, 4.69) is 31.1 Å². The van der Waals surface area contributed by atoms with Gasteiger partial charge >= 0.3 is 0 Å². The Hall–Kier alpha value is -2.79. The van der Waals surface area contributed by atoms with Gasteiger partial charge in [0.05, 0.1) is 18.4 Å². The number of hydrogen-bond acceptors (Lipinski definition) is 5. The predicted octanol–water partition coefficient (Wildman–Crippen LogP) is 6.15. The van der Waals surface area contributed by atoms with Crippen LogP contribution in [0.4, 0.5) is 0 Å². The molecule has 0 aliphatic heterocycles. The first-order valence-electron chi connectivity index (χ1n) is 11.3. The maximum Gasteiger partial charge on any atom is 0.125 e. The van der Waals surface area contributed by atoms with Crippen molar-refractivity contribution in [3.8, 4) is 11.5 Å². The molecule has 2 aromatic rings. The van der Waals surface area contributed by atoms with Crippen molar-refractivity contribution in [1.82, 2.24) is 0 Å². The van der Waals surface area contributed by atoms with Crippen LogP contribution in [0.25, 0.3) is 0 Å². The van der Waals surface area contributed by atoms with Crippen LogP contribution in [-0.4, -0.2) is 31.6 Å². The van der Waals surface area contributed by atoms with Crippen molar-refractivity contribution in [2.75, 3.05) is 13.7 Å². The standard InChI is InChI=1S/C27H35NO4/c1-6-7-15-30-24-16-19(2)27(20(3)17-24)32-26-10-8-9-25(26)31-18-22-11-13-23(14-12-22)21(4)28-29-5/h6-7,11-14,16-17,25-26H,8-10,15,18H2,1-5H3/b7-6+,28-21+. The zero-order valence-electron chi connectivity index (χ0n) is 19.9. The molecule has 2 aromatic carbocycles. The van der Waals surface area contributed by atoms with Crippen molar-refractivity contribution in [1.29, 1.82) is 0 Å². The lowest BCUT2D eigenvalue weighted by molar-refractivity contribution is -0.0175. The summed E-state index contributed by atoms with van der Waals surface area (Å²) < 4.78 is 18.5. The van der Waals surface area contributed by atoms with E-state index in [1.807, 2.05) is 50.3 Å². The number of oxime groups is 1. The van der Waals surface area contributed by atoms with Crippen LogP contribution in [0.1, 0.15) is 55.4 Å². The minimum Gasteiger partial charge on any atom is -0.490 e. The molecule has 0 saturated heterocycles. The van der Waals surface area contributed by atoms with Gasteiger partial charge in [0.1, 0.15) is 31.3 Å². The number of ether oxygens (including phenoxy) is 3. The Balaban J connectivity index is 1.59. The van der Waals surface area contributed by atoms with E-state index >= 15 is 0 Å². The highest BCUT2D eigenvalue weighted by Gasteiger charge is 2.30. The number of hydrogen-bond donors (Lipinski definition) is 0. The summed E-state index contributed by atoms with van der Waals surface area (Å²) in [6.45, 7) is 9.22. The molecule has 3 rings (SSSR count). The summed E-state index contributed by atoms with van der Waals surface area (Å²) >= 11 is 0. The SMILES string of the molecule is C/C=C/COc1cc(C)c(OC2CCCC2OCc2ccc(/C(C)=N/OC)cc2)c(C)c1. The highest BCUT2D eigenvalue weighted by atomic mass is 16.6. The lowest BCUT2D eigenvalue weighted by Gasteiger charge is -2.24. The van der Waals surface area contributed by atoms with E-state index < -0.39 is 0 Å². The molecule has 1 aliphatic carbocycles. The molecule has 5 nitrogen and oxygen atoms in total. The first-order valence-corrected chi connectivity index (χ1v) is 11.3. The molecule has 0 heterocycles. The summed E-state index contributed by atoms with van der Waals surface area (Å²) in [4.78, 5) is 4.85. The molecule has 0 N–H and O–H groups in total. The molecule has 0 spiro atoms. The molecular weight excluding hydrogens is 402 g/mol. The fraction of sp³-hybridized carbons (Fsp3) is 0.444. The normalized spacial score (nSPS) is 18.8. The fourth-order valence-corrected chi connectivity index (χ4v) is 4.02. The van der Waals surface area contributed by atoms with E-state index in [1.165, 1.54) is 0 Å². The van der Waals surface area contributed by atoms with Crippen molar-refractivity contribution in [3.05, 3.63) is 70.8 Å². The van der Waals surface area contributed by atoms with Crippen molar-refractivity contribution in [3.63, 3.8) is 0 Å². The van der Waals surface area contributed by atoms with E-state index in [1.54, 1.807) is 7.11 Å². The lowest BCUT2D eigenvalue weighted by Crippen LogP contribution is -2.29. The van der Waals surface area contributed by atoms with Gasteiger partial charge in [0.2, 0.25) is 0 Å². The van der Waals surface area contributed by atoms with E-state index in [0.717, 1.165) is 58.7 Å². The molecule has 1 aliphatic rings. The Bertz CT molecular complexity index is 910. The van der Waals surface area contributed by atoms with Gasteiger partial charge < -0.3 is 19.0 Å². The zero-order valence-corrected chi connectivity index (χ0v) is 19.9. The van der Waals surface area contributed by atoms with Gasteiger partial charge in [0, 0.05) is 0 Å². The van der Waals surface area contributed by atoms with Gasteiger partial charge in [0.15, 0.2) is 0 Å². The van der Waals surface area contributed by atoms with Crippen LogP contribution in [0.15, 0.2) is 53.7 Å². The molecule has 1 saturated carbocycles. The zero-order chi connectivity index (χ0) is 22.9. The summed E-state index contributed by atoms with van der Waals surface area (Å²) in [7, 11) is 1.56. The summed E-state index contributed by atoms with van der Waals surface area (Å²) in [5.74, 6) is 1.82. The molecule has 0 amide bonds. The molecule has 5 heteroatoms. The van der Waals surface area contributed by atoms with Gasteiger partial charge in [-0.3, -0.25) is 0 Å². The first kappa shape index (κ1) is 23.9. The monoisotopic (exact) mass is 437 g/mol. The Labute approximate surface area is 192 Å². The summed E-state index contributed by atoms with van der Waals surface area (Å²) in [6.07, 6.45) is 7.29. The van der Waals surface area contributed by atoms with E-state index in [4.69, 9.17) is 19.0 Å². The highest BCUT2D eigenvalue weighted by Crippen LogP contribution is 2.33. The van der Waals surface area contributed by atoms with Gasteiger partial charge in [0.25, 0.3) is 0 Å². The number of rotatable bonds is 10. The second-order valence-electron chi connectivity index (χ2n) is 8.26. The molecule has 32 heavy (non-hydrogen) atoms. The molecular formula is C27H35NO4. The molecule has 0 bridgehead atoms. The maximum atomic E-state index is 6.47. The Morgan fingerprint density at radius 1 is 1.06 bits per heavy atom. The van der Waals surface area contributed by atoms with E-state index in [9.17, 15) is 0 Å². The van der Waals surface area contributed by atoms with Crippen LogP contribution in [0, 0.1) is 13.8 Å². The number of benzene rings is 2. The highest BCUT2D eigenvalue weighted by molar-refractivity contribution is 5.98. The van der Waals surface area contributed by atoms with Crippen LogP contribution in [0.5, 0.6) is 11.5 Å². The topological polar surface area (TPSA) is 49.3 Å². The van der Waals surface area contributed by atoms with Gasteiger partial charge in [-0.1, -0.05) is 41.6 Å². The lowest BCUT2D eigenvalue weighted by atomic mass is 10.1. The van der Waals surface area contributed by atoms with Crippen molar-refractivity contribution >= 4 is 5.71 Å². The van der Waals surface area contributed by atoms with Crippen LogP contribution in [0.3, 0.4) is 0 Å². The van der Waals surface area contributed by atoms with Crippen LogP contribution >= 0.6 is 0 Å². The van der Waals surface area contributed by atoms with Gasteiger partial charge in [-0.2, -0.15) is 0 Å². The average molecular weight is 438 g/mol. The Morgan fingerprint density at radius 3 is 2.41 bits per heavy atom. The number of allylic oxidation sites excluding steroid dienone is 1. The second-order valence-corrected chi connectivity index (χ2v) is 8.26. The molecule has 2 atom stereocenters. The maximum absolute atomic E-state index is 6.47. The van der Waals surface area contributed by atoms with Crippen molar-refractivity contribution in [2.45, 2.75) is 65.8 Å². The van der Waals surface area contributed by atoms with Gasteiger partial charge in [-0.15, -0.1) is 0 Å². The predicted molar refractivity (Wildman–Crippen MR) is 129 cm³/mol. The minimum absolute atomic E-state index is 0.0672. The van der Waals surface area contributed by atoms with E-state index in [-0.39, 0.29) is 12.2 Å². The Morgan fingerprint density at radius 2 is 1.75 bits per heavy atom. The third kappa shape index (κ3) is 6.36. The van der Waals surface area contributed by atoms with E-state index in [0.29, 0.717) is 13.2 Å². The Kier molecular flexibility index (Phi) is 8.74. The molecule has 172 valence electrons. The molecule has 0 aromatic heterocycles. The molecule has 1 fully saturated rings. The average Bonchev–Trinajstić information content (AvgIpc) is 3.22. The van der Waals surface area contributed by atoms with Crippen LogP contribution in [0.2, 0.25) is 0 Å². The molecule has 0 radical (unpaired) electrons. The van der Waals surface area contributed by atoms with Gasteiger partial charge in [-0.05, 0) is 81.3 Å². The minimum atomic E-state index is 0.0672. The summed E-state index contributed by atoms with van der Waals surface area (Å²) in [6, 6.07) is 12.4. The third-order valence-corrected chi connectivity index (χ3v) is 5.74. The quantitative estimate of drug-likeness (QED) is 0.254. The van der Waals surface area contributed by atoms with Crippen molar-refractivity contribution in [2.24, 2.45) is 5.16 Å². The summed E-state index contributed by atoms with van der Waals surface area (Å²) in [5.41, 5.74) is 5.22. The third-order valence-electron chi connectivity index (χ3n) is 5.74. The summed E-state index contributed by atoms with van der Waals surface area (Å²) in [5, 5.41) is 3.98. The van der Waals surface area contributed by atoms with Crippen molar-refractivity contribution < 1.29 is 19.0 Å². The first-order chi connectivity index (χ1) is 15.5.